The molecule has 6 nitrogen and oxygen atoms in total. The van der Waals surface area contributed by atoms with E-state index in [0.29, 0.717) is 27.0 Å². The first-order valence-corrected chi connectivity index (χ1v) is 8.84. The molecule has 0 bridgehead atoms. The lowest BCUT2D eigenvalue weighted by Crippen LogP contribution is -2.48. The second-order valence-electron chi connectivity index (χ2n) is 5.87. The minimum atomic E-state index is -0.645. The lowest BCUT2D eigenvalue weighted by molar-refractivity contribution is -0.114. The van der Waals surface area contributed by atoms with Gasteiger partial charge in [0.1, 0.15) is 0 Å². The normalized spacial score (nSPS) is 17.0. The summed E-state index contributed by atoms with van der Waals surface area (Å²) in [7, 11) is 1.36. The van der Waals surface area contributed by atoms with E-state index in [0.717, 1.165) is 10.6 Å². The largest absolute Gasteiger partial charge is 0.346 e. The smallest absolute Gasteiger partial charge is 0.325 e. The van der Waals surface area contributed by atoms with Gasteiger partial charge in [0.2, 0.25) is 0 Å². The van der Waals surface area contributed by atoms with Crippen LogP contribution < -0.4 is 10.6 Å². The first kappa shape index (κ1) is 19.2. The van der Waals surface area contributed by atoms with Gasteiger partial charge < -0.3 is 10.6 Å². The molecule has 27 heavy (non-hydrogen) atoms. The van der Waals surface area contributed by atoms with Crippen molar-refractivity contribution in [3.63, 3.8) is 0 Å². The van der Waals surface area contributed by atoms with Crippen molar-refractivity contribution >= 4 is 40.8 Å². The van der Waals surface area contributed by atoms with Crippen LogP contribution in [0.3, 0.4) is 0 Å². The number of allylic oxidation sites excluding steroid dienone is 1. The van der Waals surface area contributed by atoms with Crippen LogP contribution in [0.5, 0.6) is 0 Å². The molecule has 0 saturated carbocycles. The van der Waals surface area contributed by atoms with Crippen LogP contribution in [-0.4, -0.2) is 24.1 Å². The molecule has 1 unspecified atom stereocenters. The Morgan fingerprint density at radius 2 is 1.63 bits per heavy atom. The lowest BCUT2D eigenvalue weighted by atomic mass is 9.94. The summed E-state index contributed by atoms with van der Waals surface area (Å²) in [5.74, 6) is -0.364. The lowest BCUT2D eigenvalue weighted by Gasteiger charge is -2.34. The Hall–Kier alpha value is -2.54. The molecule has 0 aliphatic carbocycles. The van der Waals surface area contributed by atoms with Crippen molar-refractivity contribution in [3.05, 3.63) is 75.4 Å². The highest BCUT2D eigenvalue weighted by molar-refractivity contribution is 6.30. The highest BCUT2D eigenvalue weighted by Crippen LogP contribution is 2.32. The van der Waals surface area contributed by atoms with E-state index in [2.05, 4.69) is 10.6 Å². The Morgan fingerprint density at radius 3 is 2.19 bits per heavy atom. The van der Waals surface area contributed by atoms with Crippen LogP contribution in [0.2, 0.25) is 10.0 Å². The molecule has 8 heteroatoms. The minimum absolute atomic E-state index is 0.355. The van der Waals surface area contributed by atoms with E-state index in [1.165, 1.54) is 7.11 Å². The van der Waals surface area contributed by atoms with E-state index in [1.807, 2.05) is 0 Å². The number of anilines is 1. The number of halogens is 2. The number of urea groups is 1. The monoisotopic (exact) mass is 405 g/mol. The maximum absolute atomic E-state index is 13.0. The van der Waals surface area contributed by atoms with Crippen molar-refractivity contribution in [3.8, 4) is 0 Å². The molecular weight excluding hydrogens is 389 g/mol. The van der Waals surface area contributed by atoms with Gasteiger partial charge in [-0.15, -0.1) is 0 Å². The van der Waals surface area contributed by atoms with E-state index in [1.54, 1.807) is 55.5 Å². The Kier molecular flexibility index (Phi) is 5.70. The third-order valence-electron chi connectivity index (χ3n) is 4.17. The van der Waals surface area contributed by atoms with E-state index < -0.39 is 12.1 Å². The van der Waals surface area contributed by atoms with Gasteiger partial charge in [0.05, 0.1) is 24.4 Å². The summed E-state index contributed by atoms with van der Waals surface area (Å²) >= 11 is 11.8. The highest BCUT2D eigenvalue weighted by Gasteiger charge is 2.36. The van der Waals surface area contributed by atoms with Crippen LogP contribution in [0.15, 0.2) is 59.8 Å². The summed E-state index contributed by atoms with van der Waals surface area (Å²) in [6.07, 6.45) is 0. The Labute approximate surface area is 166 Å². The third kappa shape index (κ3) is 4.08. The molecule has 1 atom stereocenters. The topological polar surface area (TPSA) is 70.7 Å². The fraction of sp³-hybridized carbons (Fsp3) is 0.158. The maximum Gasteiger partial charge on any atom is 0.346 e. The zero-order valence-corrected chi connectivity index (χ0v) is 16.1. The predicted octanol–water partition coefficient (Wildman–Crippen LogP) is 4.53. The molecule has 0 saturated heterocycles. The van der Waals surface area contributed by atoms with Gasteiger partial charge in [-0.1, -0.05) is 35.3 Å². The van der Waals surface area contributed by atoms with Crippen LogP contribution in [0.25, 0.3) is 0 Å². The Balaban J connectivity index is 2.00. The molecule has 3 rings (SSSR count). The predicted molar refractivity (Wildman–Crippen MR) is 104 cm³/mol. The number of benzene rings is 2. The fourth-order valence-corrected chi connectivity index (χ4v) is 3.13. The van der Waals surface area contributed by atoms with Crippen molar-refractivity contribution in [2.24, 2.45) is 0 Å². The Morgan fingerprint density at radius 1 is 1.07 bits per heavy atom. The molecule has 0 spiro atoms. The van der Waals surface area contributed by atoms with E-state index in [9.17, 15) is 9.59 Å². The van der Waals surface area contributed by atoms with Gasteiger partial charge >= 0.3 is 6.03 Å². The van der Waals surface area contributed by atoms with Crippen molar-refractivity contribution in [2.45, 2.75) is 13.0 Å². The fourth-order valence-electron chi connectivity index (χ4n) is 2.88. The van der Waals surface area contributed by atoms with Crippen molar-refractivity contribution in [2.75, 3.05) is 12.4 Å². The first-order chi connectivity index (χ1) is 12.9. The number of carbonyl (C=O) groups is 2. The van der Waals surface area contributed by atoms with Crippen molar-refractivity contribution in [1.29, 1.82) is 0 Å². The van der Waals surface area contributed by atoms with Crippen LogP contribution in [0.1, 0.15) is 18.5 Å². The Bertz CT molecular complexity index is 895. The SMILES string of the molecule is CON1C(=O)NC(c2ccc(Cl)cc2)C(C(=O)Nc2ccc(Cl)cc2)=C1C. The molecular formula is C19H17Cl2N3O3. The summed E-state index contributed by atoms with van der Waals surface area (Å²) in [6, 6.07) is 12.6. The van der Waals surface area contributed by atoms with Gasteiger partial charge in [0, 0.05) is 15.7 Å². The van der Waals surface area contributed by atoms with Gasteiger partial charge in [-0.2, -0.15) is 5.06 Å². The second kappa shape index (κ2) is 8.00. The number of carbonyl (C=O) groups excluding carboxylic acids is 2. The molecule has 3 amide bonds. The number of hydroxylamine groups is 2. The van der Waals surface area contributed by atoms with Crippen LogP contribution >= 0.6 is 23.2 Å². The average molecular weight is 406 g/mol. The van der Waals surface area contributed by atoms with Crippen LogP contribution in [-0.2, 0) is 9.63 Å². The van der Waals surface area contributed by atoms with Gasteiger partial charge in [0.15, 0.2) is 0 Å². The van der Waals surface area contributed by atoms with Crippen molar-refractivity contribution < 1.29 is 14.4 Å². The van der Waals surface area contributed by atoms with E-state index in [-0.39, 0.29) is 5.91 Å². The van der Waals surface area contributed by atoms with Gasteiger partial charge in [-0.25, -0.2) is 4.79 Å². The second-order valence-corrected chi connectivity index (χ2v) is 6.74. The molecule has 2 aromatic rings. The summed E-state index contributed by atoms with van der Waals surface area (Å²) in [5, 5.41) is 7.79. The van der Waals surface area contributed by atoms with Crippen molar-refractivity contribution in [1.82, 2.24) is 10.4 Å². The maximum atomic E-state index is 13.0. The van der Waals surface area contributed by atoms with E-state index in [4.69, 9.17) is 28.0 Å². The van der Waals surface area contributed by atoms with Gasteiger partial charge in [0.25, 0.3) is 5.91 Å². The first-order valence-electron chi connectivity index (χ1n) is 8.08. The molecule has 2 aromatic carbocycles. The molecule has 1 aliphatic heterocycles. The number of hydrogen-bond acceptors (Lipinski definition) is 3. The number of nitrogens with zero attached hydrogens (tertiary/aromatic N) is 1. The molecule has 1 aliphatic rings. The molecule has 0 fully saturated rings. The van der Waals surface area contributed by atoms with Gasteiger partial charge in [-0.05, 0) is 48.9 Å². The number of nitrogens with one attached hydrogen (secondary N) is 2. The molecule has 2 N–H and O–H groups in total. The quantitative estimate of drug-likeness (QED) is 0.784. The standard InChI is InChI=1S/C19H17Cl2N3O3/c1-11-16(18(25)22-15-9-7-14(21)8-10-15)17(23-19(26)24(11)27-2)12-3-5-13(20)6-4-12/h3-10,17H,1-2H3,(H,22,25)(H,23,26). The zero-order valence-electron chi connectivity index (χ0n) is 14.6. The van der Waals surface area contributed by atoms with Crippen LogP contribution in [0.4, 0.5) is 10.5 Å². The molecule has 140 valence electrons. The number of hydrogen-bond donors (Lipinski definition) is 2. The van der Waals surface area contributed by atoms with Gasteiger partial charge in [-0.3, -0.25) is 9.63 Å². The molecule has 1 heterocycles. The molecule has 0 radical (unpaired) electrons. The molecule has 0 aromatic heterocycles. The summed E-state index contributed by atoms with van der Waals surface area (Å²) < 4.78 is 0. The summed E-state index contributed by atoms with van der Waals surface area (Å²) in [4.78, 5) is 30.5. The number of amides is 3. The summed E-state index contributed by atoms with van der Waals surface area (Å²) in [6.45, 7) is 1.65. The minimum Gasteiger partial charge on any atom is -0.325 e. The zero-order chi connectivity index (χ0) is 19.6. The highest BCUT2D eigenvalue weighted by atomic mass is 35.5. The summed E-state index contributed by atoms with van der Waals surface area (Å²) in [5.41, 5.74) is 2.06. The average Bonchev–Trinajstić information content (AvgIpc) is 2.64. The number of rotatable bonds is 4. The van der Waals surface area contributed by atoms with Crippen LogP contribution in [0, 0.1) is 0 Å². The third-order valence-corrected chi connectivity index (χ3v) is 4.67. The van der Waals surface area contributed by atoms with E-state index >= 15 is 0 Å².